The number of rotatable bonds is 3. The zero-order valence-corrected chi connectivity index (χ0v) is 11.0. The maximum atomic E-state index is 8.82. The molecule has 1 aliphatic rings. The number of azide groups is 1. The van der Waals surface area contributed by atoms with Gasteiger partial charge < -0.3 is 4.90 Å². The smallest absolute Gasteiger partial charge is 0.227 e. The summed E-state index contributed by atoms with van der Waals surface area (Å²) >= 11 is 1.58. The van der Waals surface area contributed by atoms with Gasteiger partial charge in [0, 0.05) is 16.4 Å². The summed E-state index contributed by atoms with van der Waals surface area (Å²) in [7, 11) is 3.85. The highest BCUT2D eigenvalue weighted by molar-refractivity contribution is 8.01. The monoisotopic (exact) mass is 249 g/mol. The zero-order valence-electron chi connectivity index (χ0n) is 10.2. The van der Waals surface area contributed by atoms with Crippen molar-refractivity contribution >= 4 is 17.4 Å². The minimum Gasteiger partial charge on any atom is -0.339 e. The van der Waals surface area contributed by atoms with E-state index in [0.29, 0.717) is 0 Å². The lowest BCUT2D eigenvalue weighted by molar-refractivity contribution is 0.258. The zero-order chi connectivity index (χ0) is 12.5. The average Bonchev–Trinajstić information content (AvgIpc) is 2.63. The Bertz CT molecular complexity index is 469. The van der Waals surface area contributed by atoms with E-state index in [-0.39, 0.29) is 0 Å². The van der Waals surface area contributed by atoms with Gasteiger partial charge in [-0.2, -0.15) is 0 Å². The Morgan fingerprint density at radius 2 is 2.18 bits per heavy atom. The lowest BCUT2D eigenvalue weighted by atomic mass is 10.3. The van der Waals surface area contributed by atoms with Crippen molar-refractivity contribution in [2.45, 2.75) is 16.9 Å². The van der Waals surface area contributed by atoms with Crippen LogP contribution in [0.5, 0.6) is 0 Å². The molecule has 0 bridgehead atoms. The van der Waals surface area contributed by atoms with E-state index < -0.39 is 5.12 Å². The number of anilines is 1. The predicted molar refractivity (Wildman–Crippen MR) is 70.9 cm³/mol. The molecule has 0 amide bonds. The van der Waals surface area contributed by atoms with Gasteiger partial charge in [0.1, 0.15) is 0 Å². The molecule has 1 unspecified atom stereocenters. The SMILES string of the molecule is CCN1c2ccccc2SC1(N=[N+]=[N-])N(C)C. The second-order valence-electron chi connectivity index (χ2n) is 3.97. The summed E-state index contributed by atoms with van der Waals surface area (Å²) < 4.78 is 0. The van der Waals surface area contributed by atoms with Crippen LogP contribution in [0, 0.1) is 0 Å². The van der Waals surface area contributed by atoms with E-state index in [1.54, 1.807) is 11.8 Å². The number of hydrogen-bond donors (Lipinski definition) is 0. The molecule has 1 aromatic rings. The molecule has 1 heterocycles. The first-order valence-corrected chi connectivity index (χ1v) is 6.26. The van der Waals surface area contributed by atoms with Crippen LogP contribution in [0.2, 0.25) is 0 Å². The molecule has 0 fully saturated rings. The van der Waals surface area contributed by atoms with Crippen LogP contribution < -0.4 is 4.90 Å². The highest BCUT2D eigenvalue weighted by atomic mass is 32.2. The van der Waals surface area contributed by atoms with Crippen LogP contribution in [0.4, 0.5) is 5.69 Å². The Balaban J connectivity index is 2.55. The van der Waals surface area contributed by atoms with Gasteiger partial charge in [-0.3, -0.25) is 4.90 Å². The maximum Gasteiger partial charge on any atom is 0.227 e. The molecule has 0 saturated heterocycles. The van der Waals surface area contributed by atoms with E-state index in [2.05, 4.69) is 34.0 Å². The highest BCUT2D eigenvalue weighted by Crippen LogP contribution is 2.51. The lowest BCUT2D eigenvalue weighted by Gasteiger charge is -2.39. The second-order valence-corrected chi connectivity index (χ2v) is 5.16. The van der Waals surface area contributed by atoms with Crippen LogP contribution in [-0.2, 0) is 0 Å². The molecular weight excluding hydrogens is 234 g/mol. The molecule has 90 valence electrons. The standard InChI is InChI=1S/C11H15N5S/c1-4-16-9-7-5-6-8-10(9)17-11(16,13-14-12)15(2)3/h5-8H,4H2,1-3H3. The Hall–Kier alpha value is -1.36. The number of thioether (sulfide) groups is 1. The predicted octanol–water partition coefficient (Wildman–Crippen LogP) is 3.10. The Morgan fingerprint density at radius 3 is 2.76 bits per heavy atom. The van der Waals surface area contributed by atoms with Crippen molar-refractivity contribution < 1.29 is 0 Å². The summed E-state index contributed by atoms with van der Waals surface area (Å²) in [5.41, 5.74) is 9.95. The van der Waals surface area contributed by atoms with Crippen LogP contribution in [0.25, 0.3) is 10.4 Å². The fourth-order valence-corrected chi connectivity index (χ4v) is 3.38. The fraction of sp³-hybridized carbons (Fsp3) is 0.455. The average molecular weight is 249 g/mol. The summed E-state index contributed by atoms with van der Waals surface area (Å²) in [5.74, 6) is 0. The van der Waals surface area contributed by atoms with E-state index in [4.69, 9.17) is 5.53 Å². The summed E-state index contributed by atoms with van der Waals surface area (Å²) in [6.07, 6.45) is 0. The third-order valence-electron chi connectivity index (χ3n) is 2.83. The third-order valence-corrected chi connectivity index (χ3v) is 4.33. The number of para-hydroxylation sites is 1. The second kappa shape index (κ2) is 4.49. The van der Waals surface area contributed by atoms with Crippen molar-refractivity contribution in [3.63, 3.8) is 0 Å². The van der Waals surface area contributed by atoms with Crippen LogP contribution in [0.3, 0.4) is 0 Å². The number of hydrogen-bond acceptors (Lipinski definition) is 4. The van der Waals surface area contributed by atoms with Gasteiger partial charge in [-0.25, -0.2) is 0 Å². The Kier molecular flexibility index (Phi) is 3.19. The van der Waals surface area contributed by atoms with E-state index >= 15 is 0 Å². The molecular formula is C11H15N5S. The van der Waals surface area contributed by atoms with Crippen molar-refractivity contribution in [2.24, 2.45) is 5.11 Å². The number of benzene rings is 1. The molecule has 0 spiro atoms. The molecule has 17 heavy (non-hydrogen) atoms. The van der Waals surface area contributed by atoms with Gasteiger partial charge in [0.15, 0.2) is 0 Å². The molecule has 0 N–H and O–H groups in total. The molecule has 2 rings (SSSR count). The van der Waals surface area contributed by atoms with Gasteiger partial charge in [0.2, 0.25) is 5.12 Å². The van der Waals surface area contributed by atoms with Crippen molar-refractivity contribution in [3.8, 4) is 0 Å². The van der Waals surface area contributed by atoms with Crippen molar-refractivity contribution in [1.29, 1.82) is 0 Å². The van der Waals surface area contributed by atoms with E-state index in [1.165, 1.54) is 0 Å². The molecule has 5 nitrogen and oxygen atoms in total. The molecule has 1 atom stereocenters. The van der Waals surface area contributed by atoms with Crippen LogP contribution >= 0.6 is 11.8 Å². The van der Waals surface area contributed by atoms with E-state index in [1.807, 2.05) is 31.1 Å². The Labute approximate surface area is 105 Å². The largest absolute Gasteiger partial charge is 0.339 e. The van der Waals surface area contributed by atoms with Gasteiger partial charge in [-0.15, -0.1) is 0 Å². The molecule has 0 aliphatic carbocycles. The molecule has 0 radical (unpaired) electrons. The summed E-state index contributed by atoms with van der Waals surface area (Å²) in [5, 5.41) is 3.33. The van der Waals surface area contributed by atoms with Crippen molar-refractivity contribution in [2.75, 3.05) is 25.5 Å². The summed E-state index contributed by atoms with van der Waals surface area (Å²) in [6, 6.07) is 8.12. The number of nitrogens with zero attached hydrogens (tertiary/aromatic N) is 5. The first kappa shape index (κ1) is 12.1. The Morgan fingerprint density at radius 1 is 1.47 bits per heavy atom. The molecule has 6 heteroatoms. The molecule has 0 saturated carbocycles. The fourth-order valence-electron chi connectivity index (χ4n) is 2.06. The summed E-state index contributed by atoms with van der Waals surface area (Å²) in [4.78, 5) is 8.22. The van der Waals surface area contributed by atoms with E-state index in [9.17, 15) is 0 Å². The first-order chi connectivity index (χ1) is 8.15. The number of fused-ring (bicyclic) bond motifs is 1. The molecule has 1 aromatic carbocycles. The van der Waals surface area contributed by atoms with E-state index in [0.717, 1.165) is 17.1 Å². The first-order valence-electron chi connectivity index (χ1n) is 5.45. The molecule has 0 aromatic heterocycles. The topological polar surface area (TPSA) is 55.2 Å². The van der Waals surface area contributed by atoms with Crippen molar-refractivity contribution in [3.05, 3.63) is 34.7 Å². The van der Waals surface area contributed by atoms with Gasteiger partial charge in [-0.05, 0) is 43.8 Å². The normalized spacial score (nSPS) is 22.5. The lowest BCUT2D eigenvalue weighted by Crippen LogP contribution is -2.52. The maximum absolute atomic E-state index is 8.82. The van der Waals surface area contributed by atoms with Crippen LogP contribution in [-0.4, -0.2) is 30.7 Å². The minimum absolute atomic E-state index is 0.687. The van der Waals surface area contributed by atoms with Gasteiger partial charge in [0.25, 0.3) is 0 Å². The minimum atomic E-state index is -0.687. The van der Waals surface area contributed by atoms with Crippen molar-refractivity contribution in [1.82, 2.24) is 4.90 Å². The van der Waals surface area contributed by atoms with Gasteiger partial charge in [-0.1, -0.05) is 23.9 Å². The van der Waals surface area contributed by atoms with Crippen LogP contribution in [0.15, 0.2) is 34.3 Å². The summed E-state index contributed by atoms with van der Waals surface area (Å²) in [6.45, 7) is 2.86. The molecule has 1 aliphatic heterocycles. The quantitative estimate of drug-likeness (QED) is 0.470. The van der Waals surface area contributed by atoms with Gasteiger partial charge in [0.05, 0.1) is 5.69 Å². The highest BCUT2D eigenvalue weighted by Gasteiger charge is 2.45. The van der Waals surface area contributed by atoms with Gasteiger partial charge >= 0.3 is 0 Å². The third kappa shape index (κ3) is 1.74. The van der Waals surface area contributed by atoms with Crippen LogP contribution in [0.1, 0.15) is 6.92 Å².